The molecule has 140 valence electrons. The molecular formula is C18H21N7O2. The third kappa shape index (κ3) is 4.48. The van der Waals surface area contributed by atoms with E-state index in [-0.39, 0.29) is 23.4 Å². The van der Waals surface area contributed by atoms with Crippen LogP contribution < -0.4 is 10.9 Å². The summed E-state index contributed by atoms with van der Waals surface area (Å²) < 4.78 is 5.26. The number of rotatable bonds is 4. The maximum Gasteiger partial charge on any atom is 0.240 e. The molecule has 1 saturated heterocycles. The SMILES string of the molecule is CC1CC(=O)NN=C1c1ccc(NN=C(C#N)C(=N)N2CCOCC2)cc1. The Bertz CT molecular complexity index is 817. The van der Waals surface area contributed by atoms with Gasteiger partial charge >= 0.3 is 0 Å². The fourth-order valence-corrected chi connectivity index (χ4v) is 2.91. The molecule has 0 aliphatic carbocycles. The number of amides is 1. The highest BCUT2D eigenvalue weighted by atomic mass is 16.5. The maximum atomic E-state index is 11.4. The van der Waals surface area contributed by atoms with Gasteiger partial charge in [0.25, 0.3) is 0 Å². The Morgan fingerprint density at radius 1 is 1.41 bits per heavy atom. The molecule has 1 amide bonds. The van der Waals surface area contributed by atoms with Crippen molar-refractivity contribution in [3.05, 3.63) is 29.8 Å². The summed E-state index contributed by atoms with van der Waals surface area (Å²) in [5, 5.41) is 25.6. The molecule has 0 spiro atoms. The number of hydrazone groups is 2. The Balaban J connectivity index is 1.67. The highest BCUT2D eigenvalue weighted by molar-refractivity contribution is 6.46. The molecule has 3 rings (SSSR count). The molecule has 9 heteroatoms. The van der Waals surface area contributed by atoms with Crippen molar-refractivity contribution in [1.29, 1.82) is 10.7 Å². The summed E-state index contributed by atoms with van der Waals surface area (Å²) in [6.45, 7) is 4.19. The van der Waals surface area contributed by atoms with Crippen LogP contribution in [-0.2, 0) is 9.53 Å². The van der Waals surface area contributed by atoms with Crippen molar-refractivity contribution in [2.75, 3.05) is 31.7 Å². The fraction of sp³-hybridized carbons (Fsp3) is 0.389. The van der Waals surface area contributed by atoms with E-state index in [9.17, 15) is 10.1 Å². The average Bonchev–Trinajstić information content (AvgIpc) is 2.69. The quantitative estimate of drug-likeness (QED) is 0.418. The Morgan fingerprint density at radius 2 is 2.11 bits per heavy atom. The van der Waals surface area contributed by atoms with E-state index < -0.39 is 0 Å². The molecule has 1 fully saturated rings. The minimum absolute atomic E-state index is 0.0222. The van der Waals surface area contributed by atoms with Crippen LogP contribution in [0.1, 0.15) is 18.9 Å². The number of nitrogens with one attached hydrogen (secondary N) is 3. The van der Waals surface area contributed by atoms with Crippen LogP contribution in [-0.4, -0.2) is 54.4 Å². The molecule has 27 heavy (non-hydrogen) atoms. The van der Waals surface area contributed by atoms with Crippen LogP contribution >= 0.6 is 0 Å². The van der Waals surface area contributed by atoms with Gasteiger partial charge < -0.3 is 9.64 Å². The minimum atomic E-state index is -0.0781. The summed E-state index contributed by atoms with van der Waals surface area (Å²) >= 11 is 0. The first-order valence-electron chi connectivity index (χ1n) is 8.70. The lowest BCUT2D eigenvalue weighted by Crippen LogP contribution is -2.43. The fourth-order valence-electron chi connectivity index (χ4n) is 2.91. The molecule has 2 aliphatic rings. The minimum Gasteiger partial charge on any atom is -0.378 e. The van der Waals surface area contributed by atoms with Crippen molar-refractivity contribution in [3.8, 4) is 6.07 Å². The number of morpholine rings is 1. The molecule has 1 aromatic rings. The number of amidine groups is 1. The first kappa shape index (κ1) is 18.5. The smallest absolute Gasteiger partial charge is 0.240 e. The highest BCUT2D eigenvalue weighted by Crippen LogP contribution is 2.18. The lowest BCUT2D eigenvalue weighted by Gasteiger charge is -2.28. The van der Waals surface area contributed by atoms with Crippen LogP contribution in [0.5, 0.6) is 0 Å². The van der Waals surface area contributed by atoms with E-state index in [1.807, 2.05) is 37.3 Å². The molecule has 2 aliphatic heterocycles. The number of hydrogen-bond acceptors (Lipinski definition) is 7. The van der Waals surface area contributed by atoms with Crippen molar-refractivity contribution in [2.24, 2.45) is 16.1 Å². The molecule has 1 atom stereocenters. The summed E-state index contributed by atoms with van der Waals surface area (Å²) in [7, 11) is 0. The number of benzene rings is 1. The van der Waals surface area contributed by atoms with E-state index in [0.717, 1.165) is 11.3 Å². The molecule has 9 nitrogen and oxygen atoms in total. The second kappa shape index (κ2) is 8.42. The molecule has 0 aromatic heterocycles. The number of anilines is 1. The van der Waals surface area contributed by atoms with Crippen molar-refractivity contribution in [1.82, 2.24) is 10.3 Å². The van der Waals surface area contributed by atoms with Crippen molar-refractivity contribution >= 4 is 28.9 Å². The average molecular weight is 367 g/mol. The number of ether oxygens (including phenoxy) is 1. The monoisotopic (exact) mass is 367 g/mol. The van der Waals surface area contributed by atoms with Gasteiger partial charge in [0.2, 0.25) is 11.6 Å². The predicted molar refractivity (Wildman–Crippen MR) is 102 cm³/mol. The second-order valence-electron chi connectivity index (χ2n) is 6.35. The van der Waals surface area contributed by atoms with Crippen molar-refractivity contribution in [3.63, 3.8) is 0 Å². The Hall–Kier alpha value is -3.25. The molecule has 0 radical (unpaired) electrons. The predicted octanol–water partition coefficient (Wildman–Crippen LogP) is 1.15. The van der Waals surface area contributed by atoms with Crippen LogP contribution in [0.25, 0.3) is 0 Å². The second-order valence-corrected chi connectivity index (χ2v) is 6.35. The van der Waals surface area contributed by atoms with Crippen LogP contribution in [0.15, 0.2) is 34.5 Å². The Kier molecular flexibility index (Phi) is 5.78. The summed E-state index contributed by atoms with van der Waals surface area (Å²) in [5.41, 5.74) is 7.78. The molecule has 3 N–H and O–H groups in total. The Morgan fingerprint density at radius 3 is 2.74 bits per heavy atom. The van der Waals surface area contributed by atoms with Crippen LogP contribution in [0.2, 0.25) is 0 Å². The van der Waals surface area contributed by atoms with Crippen LogP contribution in [0.3, 0.4) is 0 Å². The van der Waals surface area contributed by atoms with Gasteiger partial charge in [-0.05, 0) is 17.7 Å². The van der Waals surface area contributed by atoms with Gasteiger partial charge in [-0.15, -0.1) is 0 Å². The molecule has 1 unspecified atom stereocenters. The van der Waals surface area contributed by atoms with Gasteiger partial charge in [-0.2, -0.15) is 15.5 Å². The number of carbonyl (C=O) groups excluding carboxylic acids is 1. The Labute approximate surface area is 157 Å². The standard InChI is InChI=1S/C18H21N7O2/c1-12-10-16(26)23-24-17(12)13-2-4-14(5-3-13)21-22-15(11-19)18(20)25-6-8-27-9-7-25/h2-5,12,20-21H,6-10H2,1H3,(H,23,26). The normalized spacial score (nSPS) is 20.4. The highest BCUT2D eigenvalue weighted by Gasteiger charge is 2.21. The van der Waals surface area contributed by atoms with E-state index in [4.69, 9.17) is 10.1 Å². The number of nitriles is 1. The van der Waals surface area contributed by atoms with Gasteiger partial charge in [0.05, 0.1) is 24.6 Å². The van der Waals surface area contributed by atoms with Gasteiger partial charge in [0.1, 0.15) is 6.07 Å². The van der Waals surface area contributed by atoms with Crippen molar-refractivity contribution < 1.29 is 9.53 Å². The largest absolute Gasteiger partial charge is 0.378 e. The molecule has 2 heterocycles. The van der Waals surface area contributed by atoms with Gasteiger partial charge in [-0.25, -0.2) is 5.43 Å². The summed E-state index contributed by atoms with van der Waals surface area (Å²) in [4.78, 5) is 13.1. The number of nitrogens with zero attached hydrogens (tertiary/aromatic N) is 4. The van der Waals surface area contributed by atoms with Crippen molar-refractivity contribution in [2.45, 2.75) is 13.3 Å². The zero-order chi connectivity index (χ0) is 19.2. The third-order valence-corrected chi connectivity index (χ3v) is 4.39. The van der Waals surface area contributed by atoms with E-state index in [1.165, 1.54) is 0 Å². The van der Waals surface area contributed by atoms with E-state index in [0.29, 0.717) is 38.4 Å². The zero-order valence-electron chi connectivity index (χ0n) is 15.0. The van der Waals surface area contributed by atoms with Gasteiger partial charge in [-0.3, -0.25) is 15.6 Å². The van der Waals surface area contributed by atoms with Gasteiger partial charge in [-0.1, -0.05) is 19.1 Å². The lowest BCUT2D eigenvalue weighted by atomic mass is 9.94. The van der Waals surface area contributed by atoms with E-state index >= 15 is 0 Å². The van der Waals surface area contributed by atoms with Gasteiger partial charge in [0, 0.05) is 25.4 Å². The molecule has 1 aromatic carbocycles. The van der Waals surface area contributed by atoms with Gasteiger partial charge in [0.15, 0.2) is 5.84 Å². The molecular weight excluding hydrogens is 346 g/mol. The zero-order valence-corrected chi connectivity index (χ0v) is 15.0. The topological polar surface area (TPSA) is 126 Å². The van der Waals surface area contributed by atoms with E-state index in [1.54, 1.807) is 4.90 Å². The molecule has 0 saturated carbocycles. The summed E-state index contributed by atoms with van der Waals surface area (Å²) in [5.74, 6) is 0.0615. The lowest BCUT2D eigenvalue weighted by molar-refractivity contribution is -0.121. The summed E-state index contributed by atoms with van der Waals surface area (Å²) in [6.07, 6.45) is 0.415. The van der Waals surface area contributed by atoms with E-state index in [2.05, 4.69) is 21.1 Å². The maximum absolute atomic E-state index is 11.4. The van der Waals surface area contributed by atoms with Crippen LogP contribution in [0.4, 0.5) is 5.69 Å². The third-order valence-electron chi connectivity index (χ3n) is 4.39. The number of carbonyl (C=O) groups is 1. The first-order chi connectivity index (χ1) is 13.1. The molecule has 0 bridgehead atoms. The number of hydrogen-bond donors (Lipinski definition) is 3. The summed E-state index contributed by atoms with van der Waals surface area (Å²) in [6, 6.07) is 9.36. The first-order valence-corrected chi connectivity index (χ1v) is 8.70. The van der Waals surface area contributed by atoms with Crippen LogP contribution in [0, 0.1) is 22.7 Å².